The highest BCUT2D eigenvalue weighted by molar-refractivity contribution is 9.10. The van der Waals surface area contributed by atoms with Crippen molar-refractivity contribution in [2.75, 3.05) is 6.54 Å². The third-order valence-corrected chi connectivity index (χ3v) is 4.94. The van der Waals surface area contributed by atoms with Crippen LogP contribution in [0, 0.1) is 0 Å². The molecule has 2 heterocycles. The van der Waals surface area contributed by atoms with E-state index in [2.05, 4.69) is 50.2 Å². The van der Waals surface area contributed by atoms with Crippen LogP contribution in [0.1, 0.15) is 16.8 Å². The molecule has 0 unspecified atom stereocenters. The Balaban J connectivity index is 1.58. The highest BCUT2D eigenvalue weighted by atomic mass is 79.9. The van der Waals surface area contributed by atoms with Gasteiger partial charge in [0.2, 0.25) is 5.88 Å². The maximum absolute atomic E-state index is 10.5. The summed E-state index contributed by atoms with van der Waals surface area (Å²) in [4.78, 5) is 2.37. The van der Waals surface area contributed by atoms with Crippen LogP contribution in [-0.4, -0.2) is 26.3 Å². The van der Waals surface area contributed by atoms with Gasteiger partial charge in [-0.15, -0.1) is 0 Å². The second-order valence-corrected chi connectivity index (χ2v) is 7.00. The number of aromatic hydroxyl groups is 1. The van der Waals surface area contributed by atoms with Gasteiger partial charge in [-0.05, 0) is 36.2 Å². The molecule has 0 radical (unpaired) electrons. The Morgan fingerprint density at radius 3 is 2.54 bits per heavy atom. The van der Waals surface area contributed by atoms with Crippen molar-refractivity contribution in [3.05, 3.63) is 75.9 Å². The van der Waals surface area contributed by atoms with Crippen LogP contribution in [0.3, 0.4) is 0 Å². The van der Waals surface area contributed by atoms with Crippen molar-refractivity contribution in [1.82, 2.24) is 14.7 Å². The number of nitrogens with zero attached hydrogens (tertiary/aromatic N) is 3. The lowest BCUT2D eigenvalue weighted by molar-refractivity contribution is 0.241. The van der Waals surface area contributed by atoms with E-state index in [0.717, 1.165) is 47.5 Å². The Morgan fingerprint density at radius 1 is 1.04 bits per heavy atom. The molecule has 0 fully saturated rings. The second kappa shape index (κ2) is 6.42. The smallest absolute Gasteiger partial charge is 0.217 e. The summed E-state index contributed by atoms with van der Waals surface area (Å²) < 4.78 is 2.65. The summed E-state index contributed by atoms with van der Waals surface area (Å²) in [6.45, 7) is 2.61. The number of rotatable bonds is 3. The predicted octanol–water partition coefficient (Wildman–Crippen LogP) is 3.90. The molecule has 24 heavy (non-hydrogen) atoms. The summed E-state index contributed by atoms with van der Waals surface area (Å²) in [5.41, 5.74) is 4.12. The van der Waals surface area contributed by atoms with E-state index >= 15 is 0 Å². The van der Waals surface area contributed by atoms with E-state index < -0.39 is 0 Å². The largest absolute Gasteiger partial charge is 0.493 e. The first kappa shape index (κ1) is 15.4. The van der Waals surface area contributed by atoms with E-state index in [1.54, 1.807) is 4.68 Å². The lowest BCUT2D eigenvalue weighted by Gasteiger charge is -2.25. The van der Waals surface area contributed by atoms with Crippen molar-refractivity contribution in [3.63, 3.8) is 0 Å². The molecule has 0 spiro atoms. The molecule has 0 atom stereocenters. The zero-order valence-electron chi connectivity index (χ0n) is 13.2. The number of hydrogen-bond acceptors (Lipinski definition) is 3. The number of halogens is 1. The second-order valence-electron chi connectivity index (χ2n) is 6.08. The van der Waals surface area contributed by atoms with Gasteiger partial charge in [0.15, 0.2) is 0 Å². The van der Waals surface area contributed by atoms with Gasteiger partial charge in [0.05, 0.1) is 11.4 Å². The summed E-state index contributed by atoms with van der Waals surface area (Å²) >= 11 is 3.43. The molecule has 4 nitrogen and oxygen atoms in total. The summed E-state index contributed by atoms with van der Waals surface area (Å²) in [5, 5.41) is 15.2. The fourth-order valence-corrected chi connectivity index (χ4v) is 3.43. The van der Waals surface area contributed by atoms with Crippen molar-refractivity contribution in [1.29, 1.82) is 0 Å². The molecule has 0 saturated carbocycles. The highest BCUT2D eigenvalue weighted by Gasteiger charge is 2.25. The molecule has 0 saturated heterocycles. The van der Waals surface area contributed by atoms with Gasteiger partial charge < -0.3 is 5.11 Å². The molecule has 1 aliphatic rings. The maximum Gasteiger partial charge on any atom is 0.217 e. The van der Waals surface area contributed by atoms with Crippen molar-refractivity contribution < 1.29 is 5.11 Å². The molecule has 3 aromatic rings. The quantitative estimate of drug-likeness (QED) is 0.745. The number of hydrogen-bond donors (Lipinski definition) is 1. The van der Waals surface area contributed by atoms with Crippen molar-refractivity contribution >= 4 is 15.9 Å². The topological polar surface area (TPSA) is 41.3 Å². The van der Waals surface area contributed by atoms with E-state index in [0.29, 0.717) is 0 Å². The van der Waals surface area contributed by atoms with Crippen LogP contribution in [0.25, 0.3) is 5.69 Å². The molecule has 5 heteroatoms. The minimum Gasteiger partial charge on any atom is -0.493 e. The van der Waals surface area contributed by atoms with E-state index in [1.165, 1.54) is 5.56 Å². The monoisotopic (exact) mass is 383 g/mol. The summed E-state index contributed by atoms with van der Waals surface area (Å²) in [7, 11) is 0. The predicted molar refractivity (Wildman–Crippen MR) is 97.2 cm³/mol. The van der Waals surface area contributed by atoms with Crippen molar-refractivity contribution in [2.24, 2.45) is 0 Å². The Labute approximate surface area is 149 Å². The van der Waals surface area contributed by atoms with Crippen molar-refractivity contribution in [3.8, 4) is 11.6 Å². The standard InChI is InChI=1S/C19H18BrN3O/c20-15-6-8-16(9-7-15)23-19(24)17-10-11-22(13-18(17)21-23)12-14-4-2-1-3-5-14/h1-9,24H,10-13H2. The Bertz CT molecular complexity index is 843. The summed E-state index contributed by atoms with van der Waals surface area (Å²) in [5.74, 6) is 0.270. The van der Waals surface area contributed by atoms with Gasteiger partial charge >= 0.3 is 0 Å². The van der Waals surface area contributed by atoms with Gasteiger partial charge in [-0.1, -0.05) is 46.3 Å². The van der Waals surface area contributed by atoms with Crippen LogP contribution in [0.15, 0.2) is 59.1 Å². The first-order chi connectivity index (χ1) is 11.7. The molecule has 0 aliphatic carbocycles. The number of aromatic nitrogens is 2. The molecular weight excluding hydrogens is 366 g/mol. The minimum absolute atomic E-state index is 0.270. The average molecular weight is 384 g/mol. The Morgan fingerprint density at radius 2 is 1.79 bits per heavy atom. The zero-order chi connectivity index (χ0) is 16.5. The van der Waals surface area contributed by atoms with E-state index in [-0.39, 0.29) is 5.88 Å². The van der Waals surface area contributed by atoms with E-state index in [4.69, 9.17) is 0 Å². The Kier molecular flexibility index (Phi) is 4.12. The Hall–Kier alpha value is -2.11. The zero-order valence-corrected chi connectivity index (χ0v) is 14.8. The fourth-order valence-electron chi connectivity index (χ4n) is 3.17. The number of fused-ring (bicyclic) bond motifs is 1. The van der Waals surface area contributed by atoms with Gasteiger partial charge in [0.25, 0.3) is 0 Å². The van der Waals surface area contributed by atoms with Crippen LogP contribution in [-0.2, 0) is 19.5 Å². The SMILES string of the molecule is Oc1c2c(nn1-c1ccc(Br)cc1)CN(Cc1ccccc1)CC2. The molecular formula is C19H18BrN3O. The summed E-state index contributed by atoms with van der Waals surface area (Å²) in [6.07, 6.45) is 0.824. The summed E-state index contributed by atoms with van der Waals surface area (Å²) in [6, 6.07) is 18.3. The van der Waals surface area contributed by atoms with Crippen LogP contribution < -0.4 is 0 Å². The van der Waals surface area contributed by atoms with Crippen molar-refractivity contribution in [2.45, 2.75) is 19.5 Å². The van der Waals surface area contributed by atoms with E-state index in [9.17, 15) is 5.11 Å². The highest BCUT2D eigenvalue weighted by Crippen LogP contribution is 2.30. The van der Waals surface area contributed by atoms with E-state index in [1.807, 2.05) is 30.3 Å². The normalized spacial score (nSPS) is 14.5. The molecule has 2 aromatic carbocycles. The fraction of sp³-hybridized carbons (Fsp3) is 0.211. The molecule has 1 aromatic heterocycles. The molecule has 1 N–H and O–H groups in total. The van der Waals surface area contributed by atoms with Crippen LogP contribution in [0.5, 0.6) is 5.88 Å². The maximum atomic E-state index is 10.5. The third kappa shape index (κ3) is 2.97. The first-order valence-corrected chi connectivity index (χ1v) is 8.82. The third-order valence-electron chi connectivity index (χ3n) is 4.41. The first-order valence-electron chi connectivity index (χ1n) is 8.02. The van der Waals surface area contributed by atoms with Crippen LogP contribution in [0.2, 0.25) is 0 Å². The van der Waals surface area contributed by atoms with Crippen LogP contribution in [0.4, 0.5) is 0 Å². The van der Waals surface area contributed by atoms with Gasteiger partial charge in [-0.3, -0.25) is 4.90 Å². The van der Waals surface area contributed by atoms with Gasteiger partial charge in [-0.25, -0.2) is 4.68 Å². The lowest BCUT2D eigenvalue weighted by Crippen LogP contribution is -2.29. The molecule has 1 aliphatic heterocycles. The minimum atomic E-state index is 0.270. The molecule has 122 valence electrons. The molecule has 4 rings (SSSR count). The average Bonchev–Trinajstić information content (AvgIpc) is 2.93. The molecule has 0 bridgehead atoms. The lowest BCUT2D eigenvalue weighted by atomic mass is 10.1. The molecule has 0 amide bonds. The van der Waals surface area contributed by atoms with Gasteiger partial charge in [-0.2, -0.15) is 5.10 Å². The van der Waals surface area contributed by atoms with Gasteiger partial charge in [0, 0.05) is 29.7 Å². The van der Waals surface area contributed by atoms with Crippen LogP contribution >= 0.6 is 15.9 Å². The number of benzene rings is 2. The van der Waals surface area contributed by atoms with Gasteiger partial charge in [0.1, 0.15) is 0 Å².